The lowest BCUT2D eigenvalue weighted by Crippen LogP contribution is -2.28. The molecule has 0 heterocycles. The molecule has 17 heavy (non-hydrogen) atoms. The lowest BCUT2D eigenvalue weighted by atomic mass is 10.3. The maximum absolute atomic E-state index is 11.6. The van der Waals surface area contributed by atoms with Gasteiger partial charge in [-0.3, -0.25) is 4.79 Å². The molecule has 4 nitrogen and oxygen atoms in total. The highest BCUT2D eigenvalue weighted by atomic mass is 35.5. The van der Waals surface area contributed by atoms with Crippen LogP contribution in [0.2, 0.25) is 5.02 Å². The smallest absolute Gasteiger partial charge is 0.238 e. The summed E-state index contributed by atoms with van der Waals surface area (Å²) in [4.78, 5) is 11.6. The first-order chi connectivity index (χ1) is 8.17. The number of benzene rings is 1. The summed E-state index contributed by atoms with van der Waals surface area (Å²) in [6, 6.07) is 5.05. The van der Waals surface area contributed by atoms with Crippen molar-refractivity contribution in [2.75, 3.05) is 25.5 Å². The van der Waals surface area contributed by atoms with Crippen molar-refractivity contribution in [3.8, 4) is 5.75 Å². The summed E-state index contributed by atoms with van der Waals surface area (Å²) in [5.74, 6) is 0.416. The lowest BCUT2D eigenvalue weighted by Gasteiger charge is -2.10. The van der Waals surface area contributed by atoms with Crippen molar-refractivity contribution in [3.63, 3.8) is 0 Å². The quantitative estimate of drug-likeness (QED) is 0.604. The van der Waals surface area contributed by atoms with Crippen LogP contribution in [0.15, 0.2) is 30.9 Å². The zero-order chi connectivity index (χ0) is 12.7. The molecule has 92 valence electrons. The summed E-state index contributed by atoms with van der Waals surface area (Å²) in [7, 11) is 1.54. The van der Waals surface area contributed by atoms with Crippen LogP contribution >= 0.6 is 11.6 Å². The van der Waals surface area contributed by atoms with Gasteiger partial charge in [-0.15, -0.1) is 6.58 Å². The first-order valence-corrected chi connectivity index (χ1v) is 5.50. The molecule has 1 amide bonds. The number of amides is 1. The van der Waals surface area contributed by atoms with Crippen LogP contribution in [0.4, 0.5) is 5.69 Å². The highest BCUT2D eigenvalue weighted by Gasteiger charge is 2.07. The Morgan fingerprint density at radius 2 is 2.35 bits per heavy atom. The number of halogens is 1. The van der Waals surface area contributed by atoms with Crippen molar-refractivity contribution in [3.05, 3.63) is 35.9 Å². The number of nitrogens with one attached hydrogen (secondary N) is 2. The van der Waals surface area contributed by atoms with E-state index in [1.807, 2.05) is 0 Å². The van der Waals surface area contributed by atoms with Crippen molar-refractivity contribution < 1.29 is 9.53 Å². The predicted octanol–water partition coefficient (Wildman–Crippen LogP) is 2.06. The normalized spacial score (nSPS) is 9.76. The lowest BCUT2D eigenvalue weighted by molar-refractivity contribution is -0.115. The van der Waals surface area contributed by atoms with Gasteiger partial charge < -0.3 is 15.4 Å². The summed E-state index contributed by atoms with van der Waals surface area (Å²) < 4.78 is 5.12. The van der Waals surface area contributed by atoms with E-state index in [1.165, 1.54) is 7.11 Å². The Hall–Kier alpha value is -1.52. The molecule has 0 aromatic heterocycles. The fourth-order valence-corrected chi connectivity index (χ4v) is 1.43. The van der Waals surface area contributed by atoms with Gasteiger partial charge in [0.05, 0.1) is 19.3 Å². The summed E-state index contributed by atoms with van der Waals surface area (Å²) in [5, 5.41) is 6.16. The van der Waals surface area contributed by atoms with Crippen molar-refractivity contribution in [1.82, 2.24) is 5.32 Å². The largest absolute Gasteiger partial charge is 0.495 e. The molecule has 0 aliphatic carbocycles. The Morgan fingerprint density at radius 3 is 3.00 bits per heavy atom. The Balaban J connectivity index is 2.63. The zero-order valence-corrected chi connectivity index (χ0v) is 10.4. The number of anilines is 1. The molecule has 0 spiro atoms. The highest BCUT2D eigenvalue weighted by molar-refractivity contribution is 6.31. The van der Waals surface area contributed by atoms with E-state index < -0.39 is 0 Å². The van der Waals surface area contributed by atoms with Crippen molar-refractivity contribution >= 4 is 23.2 Å². The molecule has 0 aliphatic heterocycles. The van der Waals surface area contributed by atoms with E-state index >= 15 is 0 Å². The van der Waals surface area contributed by atoms with Crippen LogP contribution in [0.3, 0.4) is 0 Å². The number of methoxy groups -OCH3 is 1. The average Bonchev–Trinajstić information content (AvgIpc) is 2.29. The molecule has 5 heteroatoms. The van der Waals surface area contributed by atoms with E-state index in [-0.39, 0.29) is 12.5 Å². The minimum Gasteiger partial charge on any atom is -0.495 e. The second kappa shape index (κ2) is 6.93. The molecule has 0 unspecified atom stereocenters. The second-order valence-electron chi connectivity index (χ2n) is 3.31. The van der Waals surface area contributed by atoms with Gasteiger partial charge in [-0.25, -0.2) is 0 Å². The number of carbonyl (C=O) groups is 1. The van der Waals surface area contributed by atoms with Gasteiger partial charge in [-0.1, -0.05) is 17.7 Å². The van der Waals surface area contributed by atoms with E-state index in [1.54, 1.807) is 24.3 Å². The Labute approximate surface area is 106 Å². The first-order valence-electron chi connectivity index (χ1n) is 5.12. The number of rotatable bonds is 6. The van der Waals surface area contributed by atoms with Crippen LogP contribution in [0.5, 0.6) is 5.75 Å². The Kier molecular flexibility index (Phi) is 5.52. The monoisotopic (exact) mass is 254 g/mol. The summed E-state index contributed by atoms with van der Waals surface area (Å²) in [6.07, 6.45) is 1.69. The third kappa shape index (κ3) is 4.46. The molecule has 0 fully saturated rings. The molecule has 1 aromatic rings. The van der Waals surface area contributed by atoms with Gasteiger partial charge >= 0.3 is 0 Å². The van der Waals surface area contributed by atoms with E-state index in [4.69, 9.17) is 16.3 Å². The molecular weight excluding hydrogens is 240 g/mol. The van der Waals surface area contributed by atoms with Crippen LogP contribution in [0.25, 0.3) is 0 Å². The molecule has 1 rings (SSSR count). The molecule has 0 saturated carbocycles. The Morgan fingerprint density at radius 1 is 1.59 bits per heavy atom. The van der Waals surface area contributed by atoms with Crippen molar-refractivity contribution in [2.45, 2.75) is 0 Å². The van der Waals surface area contributed by atoms with Crippen molar-refractivity contribution in [2.24, 2.45) is 0 Å². The van der Waals surface area contributed by atoms with Crippen molar-refractivity contribution in [1.29, 1.82) is 0 Å². The summed E-state index contributed by atoms with van der Waals surface area (Å²) in [6.45, 7) is 4.34. The van der Waals surface area contributed by atoms with Crippen LogP contribution in [0, 0.1) is 0 Å². The van der Waals surface area contributed by atoms with Gasteiger partial charge in [0, 0.05) is 11.6 Å². The molecule has 0 atom stereocenters. The maximum Gasteiger partial charge on any atom is 0.238 e. The highest BCUT2D eigenvalue weighted by Crippen LogP contribution is 2.27. The van der Waals surface area contributed by atoms with Crippen LogP contribution in [0.1, 0.15) is 0 Å². The number of carbonyl (C=O) groups excluding carboxylic acids is 1. The van der Waals surface area contributed by atoms with Crippen LogP contribution in [-0.2, 0) is 4.79 Å². The topological polar surface area (TPSA) is 50.4 Å². The predicted molar refractivity (Wildman–Crippen MR) is 69.7 cm³/mol. The maximum atomic E-state index is 11.6. The second-order valence-corrected chi connectivity index (χ2v) is 3.75. The minimum absolute atomic E-state index is 0.160. The minimum atomic E-state index is -0.160. The van der Waals surface area contributed by atoms with Gasteiger partial charge in [0.1, 0.15) is 5.75 Å². The molecule has 2 N–H and O–H groups in total. The van der Waals surface area contributed by atoms with Crippen LogP contribution in [-0.4, -0.2) is 26.1 Å². The molecule has 0 bridgehead atoms. The van der Waals surface area contributed by atoms with Gasteiger partial charge in [0.15, 0.2) is 0 Å². The van der Waals surface area contributed by atoms with E-state index in [2.05, 4.69) is 17.2 Å². The van der Waals surface area contributed by atoms with E-state index in [9.17, 15) is 4.79 Å². The fraction of sp³-hybridized carbons (Fsp3) is 0.250. The molecule has 0 radical (unpaired) electrons. The summed E-state index contributed by atoms with van der Waals surface area (Å²) in [5.41, 5.74) is 0.561. The Bertz CT molecular complexity index is 407. The molecule has 0 aliphatic rings. The van der Waals surface area contributed by atoms with Gasteiger partial charge in [-0.2, -0.15) is 0 Å². The molecular formula is C12H15ClN2O2. The number of ether oxygens (including phenoxy) is 1. The number of hydrogen-bond donors (Lipinski definition) is 2. The van der Waals surface area contributed by atoms with Gasteiger partial charge in [0.25, 0.3) is 0 Å². The molecule has 1 aromatic carbocycles. The average molecular weight is 255 g/mol. The van der Waals surface area contributed by atoms with Crippen LogP contribution < -0.4 is 15.4 Å². The van der Waals surface area contributed by atoms with Gasteiger partial charge in [0.2, 0.25) is 5.91 Å². The van der Waals surface area contributed by atoms with E-state index in [0.717, 1.165) is 0 Å². The first kappa shape index (κ1) is 13.5. The fourth-order valence-electron chi connectivity index (χ4n) is 1.26. The molecule has 0 saturated heterocycles. The van der Waals surface area contributed by atoms with Gasteiger partial charge in [-0.05, 0) is 18.2 Å². The third-order valence-electron chi connectivity index (χ3n) is 2.01. The zero-order valence-electron chi connectivity index (χ0n) is 9.63. The SMILES string of the molecule is C=CCNCC(=O)Nc1cc(Cl)ccc1OC. The standard InChI is InChI=1S/C12H15ClN2O2/c1-3-6-14-8-12(16)15-10-7-9(13)4-5-11(10)17-2/h3-5,7,14H,1,6,8H2,2H3,(H,15,16). The van der Waals surface area contributed by atoms with E-state index in [0.29, 0.717) is 23.0 Å². The summed E-state index contributed by atoms with van der Waals surface area (Å²) >= 11 is 5.85. The number of hydrogen-bond acceptors (Lipinski definition) is 3. The third-order valence-corrected chi connectivity index (χ3v) is 2.24.